The second kappa shape index (κ2) is 8.06. The molecule has 0 radical (unpaired) electrons. The third-order valence-corrected chi connectivity index (χ3v) is 3.70. The predicted molar refractivity (Wildman–Crippen MR) is 94.7 cm³/mol. The summed E-state index contributed by atoms with van der Waals surface area (Å²) in [7, 11) is 0. The molecule has 1 aliphatic rings. The standard InChI is InChI=1S/C18H22N2O.ClH/c1-2-12-19-13-16-14-20(15-8-4-3-5-9-15)17-10-6-7-11-18(17)21-16;/h3-11,16,19H,2,12-14H2,1H3;1H. The van der Waals surface area contributed by atoms with Gasteiger partial charge < -0.3 is 15.0 Å². The number of hydrogen-bond acceptors (Lipinski definition) is 3. The van der Waals surface area contributed by atoms with Crippen LogP contribution in [0.1, 0.15) is 13.3 Å². The van der Waals surface area contributed by atoms with Gasteiger partial charge in [-0.25, -0.2) is 0 Å². The van der Waals surface area contributed by atoms with Gasteiger partial charge in [-0.1, -0.05) is 37.3 Å². The Hall–Kier alpha value is -1.71. The summed E-state index contributed by atoms with van der Waals surface area (Å²) >= 11 is 0. The van der Waals surface area contributed by atoms with E-state index in [0.29, 0.717) is 0 Å². The van der Waals surface area contributed by atoms with Gasteiger partial charge in [0, 0.05) is 12.2 Å². The molecule has 0 saturated heterocycles. The number of ether oxygens (including phenoxy) is 1. The van der Waals surface area contributed by atoms with Crippen LogP contribution in [0.15, 0.2) is 54.6 Å². The number of halogens is 1. The molecule has 1 aliphatic heterocycles. The number of anilines is 2. The number of nitrogens with one attached hydrogen (secondary N) is 1. The maximum Gasteiger partial charge on any atom is 0.143 e. The van der Waals surface area contributed by atoms with E-state index in [2.05, 4.69) is 65.7 Å². The first-order valence-corrected chi connectivity index (χ1v) is 7.67. The van der Waals surface area contributed by atoms with Crippen molar-refractivity contribution < 1.29 is 4.74 Å². The van der Waals surface area contributed by atoms with Gasteiger partial charge in [-0.05, 0) is 37.2 Å². The Labute approximate surface area is 138 Å². The van der Waals surface area contributed by atoms with Gasteiger partial charge >= 0.3 is 0 Å². The average molecular weight is 319 g/mol. The smallest absolute Gasteiger partial charge is 0.143 e. The normalized spacial score (nSPS) is 16.4. The molecule has 1 heterocycles. The average Bonchev–Trinajstić information content (AvgIpc) is 2.55. The Morgan fingerprint density at radius 2 is 1.82 bits per heavy atom. The fourth-order valence-electron chi connectivity index (χ4n) is 2.70. The lowest BCUT2D eigenvalue weighted by Gasteiger charge is -2.36. The Bertz CT molecular complexity index is 576. The number of fused-ring (bicyclic) bond motifs is 1. The molecule has 0 bridgehead atoms. The van der Waals surface area contributed by atoms with Crippen molar-refractivity contribution >= 4 is 23.8 Å². The maximum atomic E-state index is 6.13. The fraction of sp³-hybridized carbons (Fsp3) is 0.333. The molecule has 2 aromatic rings. The molecule has 22 heavy (non-hydrogen) atoms. The molecule has 2 aromatic carbocycles. The van der Waals surface area contributed by atoms with Gasteiger partial charge in [0.05, 0.1) is 12.2 Å². The highest BCUT2D eigenvalue weighted by atomic mass is 35.5. The first-order chi connectivity index (χ1) is 10.4. The summed E-state index contributed by atoms with van der Waals surface area (Å²) in [5, 5.41) is 3.46. The topological polar surface area (TPSA) is 24.5 Å². The van der Waals surface area contributed by atoms with Gasteiger partial charge in [-0.15, -0.1) is 12.4 Å². The van der Waals surface area contributed by atoms with Crippen LogP contribution in [0, 0.1) is 0 Å². The van der Waals surface area contributed by atoms with Crippen molar-refractivity contribution in [2.24, 2.45) is 0 Å². The molecule has 0 fully saturated rings. The van der Waals surface area contributed by atoms with Crippen molar-refractivity contribution in [1.29, 1.82) is 0 Å². The quantitative estimate of drug-likeness (QED) is 0.843. The van der Waals surface area contributed by atoms with E-state index in [1.807, 2.05) is 6.07 Å². The monoisotopic (exact) mass is 318 g/mol. The van der Waals surface area contributed by atoms with Gasteiger partial charge in [0.1, 0.15) is 11.9 Å². The molecule has 118 valence electrons. The second-order valence-corrected chi connectivity index (χ2v) is 5.36. The van der Waals surface area contributed by atoms with E-state index >= 15 is 0 Å². The number of hydrogen-bond donors (Lipinski definition) is 1. The lowest BCUT2D eigenvalue weighted by atomic mass is 10.1. The molecule has 3 rings (SSSR count). The van der Waals surface area contributed by atoms with Crippen molar-refractivity contribution in [1.82, 2.24) is 5.32 Å². The number of rotatable bonds is 5. The third-order valence-electron chi connectivity index (χ3n) is 3.70. The van der Waals surface area contributed by atoms with Crippen LogP contribution < -0.4 is 15.0 Å². The summed E-state index contributed by atoms with van der Waals surface area (Å²) in [5.41, 5.74) is 2.36. The zero-order chi connectivity index (χ0) is 14.5. The lowest BCUT2D eigenvalue weighted by molar-refractivity contribution is 0.194. The number of para-hydroxylation sites is 3. The van der Waals surface area contributed by atoms with Crippen molar-refractivity contribution in [2.45, 2.75) is 19.4 Å². The van der Waals surface area contributed by atoms with Crippen LogP contribution in [-0.4, -0.2) is 25.7 Å². The van der Waals surface area contributed by atoms with Crippen molar-refractivity contribution in [3.8, 4) is 5.75 Å². The maximum absolute atomic E-state index is 6.13. The SMILES string of the molecule is CCCNCC1CN(c2ccccc2)c2ccccc2O1.Cl. The second-order valence-electron chi connectivity index (χ2n) is 5.36. The third kappa shape index (κ3) is 3.73. The van der Waals surface area contributed by atoms with Crippen LogP contribution in [0.3, 0.4) is 0 Å². The zero-order valence-electron chi connectivity index (χ0n) is 12.9. The molecule has 0 aromatic heterocycles. The summed E-state index contributed by atoms with van der Waals surface area (Å²) < 4.78 is 6.13. The summed E-state index contributed by atoms with van der Waals surface area (Å²) in [5.74, 6) is 0.968. The van der Waals surface area contributed by atoms with Gasteiger partial charge in [-0.3, -0.25) is 0 Å². The van der Waals surface area contributed by atoms with Crippen LogP contribution in [0.5, 0.6) is 5.75 Å². The molecule has 0 amide bonds. The van der Waals surface area contributed by atoms with Crippen molar-refractivity contribution in [2.75, 3.05) is 24.5 Å². The summed E-state index contributed by atoms with van der Waals surface area (Å²) in [6.45, 7) is 4.97. The highest BCUT2D eigenvalue weighted by Crippen LogP contribution is 2.37. The minimum absolute atomic E-state index is 0. The van der Waals surface area contributed by atoms with Crippen molar-refractivity contribution in [3.05, 3.63) is 54.6 Å². The van der Waals surface area contributed by atoms with E-state index in [1.54, 1.807) is 0 Å². The van der Waals surface area contributed by atoms with Crippen molar-refractivity contribution in [3.63, 3.8) is 0 Å². The van der Waals surface area contributed by atoms with Crippen LogP contribution in [0.4, 0.5) is 11.4 Å². The Morgan fingerprint density at radius 1 is 1.09 bits per heavy atom. The van der Waals surface area contributed by atoms with Gasteiger partial charge in [0.15, 0.2) is 0 Å². The molecule has 1 atom stereocenters. The number of benzene rings is 2. The first kappa shape index (κ1) is 16.7. The first-order valence-electron chi connectivity index (χ1n) is 7.67. The highest BCUT2D eigenvalue weighted by Gasteiger charge is 2.25. The Kier molecular flexibility index (Phi) is 6.10. The minimum Gasteiger partial charge on any atom is -0.485 e. The van der Waals surface area contributed by atoms with E-state index in [-0.39, 0.29) is 18.5 Å². The Morgan fingerprint density at radius 3 is 2.59 bits per heavy atom. The van der Waals surface area contributed by atoms with Crippen LogP contribution in [0.25, 0.3) is 0 Å². The summed E-state index contributed by atoms with van der Waals surface area (Å²) in [4.78, 5) is 2.34. The zero-order valence-corrected chi connectivity index (χ0v) is 13.7. The molecular formula is C18H23ClN2O. The van der Waals surface area contributed by atoms with E-state index in [9.17, 15) is 0 Å². The Balaban J connectivity index is 0.00000176. The molecule has 1 N–H and O–H groups in total. The van der Waals surface area contributed by atoms with Crippen LogP contribution in [0.2, 0.25) is 0 Å². The minimum atomic E-state index is 0. The molecule has 0 aliphatic carbocycles. The van der Waals surface area contributed by atoms with Crippen LogP contribution >= 0.6 is 12.4 Å². The molecule has 4 heteroatoms. The molecule has 0 saturated carbocycles. The van der Waals surface area contributed by atoms with E-state index in [1.165, 1.54) is 5.69 Å². The molecule has 0 spiro atoms. The van der Waals surface area contributed by atoms with E-state index in [0.717, 1.165) is 37.5 Å². The molecular weight excluding hydrogens is 296 g/mol. The lowest BCUT2D eigenvalue weighted by Crippen LogP contribution is -2.43. The predicted octanol–water partition coefficient (Wildman–Crippen LogP) is 4.01. The largest absolute Gasteiger partial charge is 0.485 e. The van der Waals surface area contributed by atoms with Crippen LogP contribution in [-0.2, 0) is 0 Å². The van der Waals surface area contributed by atoms with Gasteiger partial charge in [-0.2, -0.15) is 0 Å². The van der Waals surface area contributed by atoms with E-state index < -0.39 is 0 Å². The fourth-order valence-corrected chi connectivity index (χ4v) is 2.70. The molecule has 3 nitrogen and oxygen atoms in total. The summed E-state index contributed by atoms with van der Waals surface area (Å²) in [6, 6.07) is 18.8. The van der Waals surface area contributed by atoms with Gasteiger partial charge in [0.25, 0.3) is 0 Å². The molecule has 1 unspecified atom stereocenters. The number of nitrogens with zero attached hydrogens (tertiary/aromatic N) is 1. The van der Waals surface area contributed by atoms with Gasteiger partial charge in [0.2, 0.25) is 0 Å². The summed E-state index contributed by atoms with van der Waals surface area (Å²) in [6.07, 6.45) is 1.32. The van der Waals surface area contributed by atoms with E-state index in [4.69, 9.17) is 4.74 Å². The highest BCUT2D eigenvalue weighted by molar-refractivity contribution is 5.85.